The van der Waals surface area contributed by atoms with Crippen LogP contribution in [0.1, 0.15) is 0 Å². The molecule has 0 N–H and O–H groups in total. The fourth-order valence-corrected chi connectivity index (χ4v) is 0.481. The number of halogens is 2. The van der Waals surface area contributed by atoms with Crippen molar-refractivity contribution in [1.82, 2.24) is 4.98 Å². The highest BCUT2D eigenvalue weighted by Gasteiger charge is 1.82. The van der Waals surface area contributed by atoms with Crippen LogP contribution in [0.3, 0.4) is 0 Å². The van der Waals surface area contributed by atoms with Gasteiger partial charge in [0.2, 0.25) is 0 Å². The number of nitrogens with zero attached hydrogens (tertiary/aromatic N) is 1. The van der Waals surface area contributed by atoms with Crippen LogP contribution in [0, 0.1) is 12.1 Å². The van der Waals surface area contributed by atoms with E-state index in [2.05, 4.69) is 17.1 Å². The average molecular weight is 146 g/mol. The second-order valence-corrected chi connectivity index (χ2v) is 1.91. The number of aromatic nitrogens is 1. The van der Waals surface area contributed by atoms with Crippen molar-refractivity contribution in [3.05, 3.63) is 28.5 Å². The predicted molar refractivity (Wildman–Crippen MR) is 31.9 cm³/mol. The lowest BCUT2D eigenvalue weighted by Crippen LogP contribution is -1.66. The molecule has 0 aromatic carbocycles. The Bertz CT molecular complexity index is 149. The summed E-state index contributed by atoms with van der Waals surface area (Å²) in [6, 6.07) is 5.04. The van der Waals surface area contributed by atoms with Gasteiger partial charge in [0.15, 0.2) is 5.15 Å². The van der Waals surface area contributed by atoms with Gasteiger partial charge in [0, 0.05) is 0 Å². The van der Waals surface area contributed by atoms with E-state index in [1.54, 1.807) is 0 Å². The summed E-state index contributed by atoms with van der Waals surface area (Å²) in [6.07, 6.45) is 1.42. The minimum absolute atomic E-state index is 0.286. The summed E-state index contributed by atoms with van der Waals surface area (Å²) in [4.78, 5) is 3.63. The average Bonchev–Trinajstić information content (AvgIpc) is 1.77. The molecule has 3 heteroatoms. The molecule has 0 aliphatic heterocycles. The predicted octanol–water partition coefficient (Wildman–Crippen LogP) is 1.99. The van der Waals surface area contributed by atoms with Crippen LogP contribution in [0.4, 0.5) is 0 Å². The Morgan fingerprint density at radius 3 is 2.50 bits per heavy atom. The fraction of sp³-hybridized carbons (Fsp3) is 0. The van der Waals surface area contributed by atoms with Crippen LogP contribution in [0.2, 0.25) is 10.2 Å². The molecule has 0 saturated heterocycles. The largest absolute Gasteiger partial charge is 0.234 e. The van der Waals surface area contributed by atoms with Crippen LogP contribution in [-0.4, -0.2) is 4.98 Å². The molecular weight excluding hydrogens is 145 g/mol. The van der Waals surface area contributed by atoms with E-state index in [0.717, 1.165) is 0 Å². The number of rotatable bonds is 0. The molecule has 0 spiro atoms. The van der Waals surface area contributed by atoms with E-state index in [4.69, 9.17) is 23.2 Å². The molecule has 0 aliphatic rings. The van der Waals surface area contributed by atoms with Crippen LogP contribution in [0.25, 0.3) is 0 Å². The van der Waals surface area contributed by atoms with Gasteiger partial charge in [0.05, 0.1) is 6.20 Å². The van der Waals surface area contributed by atoms with Crippen molar-refractivity contribution in [3.8, 4) is 0 Å². The first-order chi connectivity index (χ1) is 3.79. The first-order valence-corrected chi connectivity index (χ1v) is 2.65. The van der Waals surface area contributed by atoms with Gasteiger partial charge < -0.3 is 0 Å². The van der Waals surface area contributed by atoms with Crippen molar-refractivity contribution in [2.24, 2.45) is 0 Å². The van der Waals surface area contributed by atoms with Crippen molar-refractivity contribution in [2.45, 2.75) is 0 Å². The summed E-state index contributed by atoms with van der Waals surface area (Å²) in [7, 11) is 0. The summed E-state index contributed by atoms with van der Waals surface area (Å²) >= 11 is 10.8. The normalized spacial score (nSPS) is 8.25. The van der Waals surface area contributed by atoms with Gasteiger partial charge in [0.1, 0.15) is 5.02 Å². The second-order valence-electron chi connectivity index (χ2n) is 1.15. The van der Waals surface area contributed by atoms with E-state index in [9.17, 15) is 0 Å². The number of hydrogen-bond donors (Lipinski definition) is 0. The van der Waals surface area contributed by atoms with Gasteiger partial charge in [-0.2, -0.15) is 0 Å². The third-order valence-corrected chi connectivity index (χ3v) is 0.960. The third kappa shape index (κ3) is 1.26. The van der Waals surface area contributed by atoms with Gasteiger partial charge in [0.25, 0.3) is 0 Å². The van der Waals surface area contributed by atoms with Crippen LogP contribution in [0.5, 0.6) is 0 Å². The maximum atomic E-state index is 5.40. The Morgan fingerprint density at radius 1 is 1.38 bits per heavy atom. The molecule has 1 heterocycles. The molecule has 8 heavy (non-hydrogen) atoms. The van der Waals surface area contributed by atoms with E-state index >= 15 is 0 Å². The highest BCUT2D eigenvalue weighted by molar-refractivity contribution is 6.31. The van der Waals surface area contributed by atoms with E-state index in [1.807, 2.05) is 0 Å². The molecule has 0 aliphatic carbocycles. The zero-order chi connectivity index (χ0) is 5.98. The molecule has 40 valence electrons. The smallest absolute Gasteiger partial charge is 0.180 e. The van der Waals surface area contributed by atoms with E-state index in [1.165, 1.54) is 6.20 Å². The highest BCUT2D eigenvalue weighted by atomic mass is 35.5. The lowest BCUT2D eigenvalue weighted by Gasteiger charge is -1.78. The molecule has 1 aromatic heterocycles. The molecule has 0 bridgehead atoms. The second kappa shape index (κ2) is 2.21. The Balaban J connectivity index is 3.03. The van der Waals surface area contributed by atoms with Crippen molar-refractivity contribution in [1.29, 1.82) is 0 Å². The summed E-state index contributed by atoms with van der Waals surface area (Å²) in [5.74, 6) is 0. The van der Waals surface area contributed by atoms with E-state index < -0.39 is 0 Å². The molecule has 0 radical (unpaired) electrons. The lowest BCUT2D eigenvalue weighted by atomic mass is 10.6. The van der Waals surface area contributed by atoms with Crippen LogP contribution >= 0.6 is 23.2 Å². The monoisotopic (exact) mass is 145 g/mol. The molecule has 1 aromatic rings. The Kier molecular flexibility index (Phi) is 1.57. The highest BCUT2D eigenvalue weighted by Crippen LogP contribution is 2.02. The minimum Gasteiger partial charge on any atom is -0.234 e. The topological polar surface area (TPSA) is 12.9 Å². The third-order valence-electron chi connectivity index (χ3n) is 0.576. The zero-order valence-electron chi connectivity index (χ0n) is 3.78. The van der Waals surface area contributed by atoms with Gasteiger partial charge in [-0.3, -0.25) is 0 Å². The Labute approximate surface area is 57.3 Å². The van der Waals surface area contributed by atoms with Gasteiger partial charge in [-0.05, 0) is 12.1 Å². The van der Waals surface area contributed by atoms with Gasteiger partial charge in [-0.1, -0.05) is 23.2 Å². The van der Waals surface area contributed by atoms with Crippen molar-refractivity contribution in [2.75, 3.05) is 0 Å². The summed E-state index contributed by atoms with van der Waals surface area (Å²) in [5, 5.41) is 0.712. The lowest BCUT2D eigenvalue weighted by molar-refractivity contribution is 1.34. The van der Waals surface area contributed by atoms with Crippen molar-refractivity contribution < 1.29 is 0 Å². The zero-order valence-corrected chi connectivity index (χ0v) is 5.29. The van der Waals surface area contributed by atoms with Crippen LogP contribution in [-0.2, 0) is 0 Å². The Hall–Kier alpha value is -0.450. The molecule has 1 rings (SSSR count). The van der Waals surface area contributed by atoms with Crippen molar-refractivity contribution in [3.63, 3.8) is 0 Å². The first-order valence-electron chi connectivity index (χ1n) is 1.90. The summed E-state index contributed by atoms with van der Waals surface area (Å²) < 4.78 is 0. The van der Waals surface area contributed by atoms with Crippen molar-refractivity contribution >= 4 is 23.2 Å². The SMILES string of the molecule is Clc1c#cc(Cl)nc1. The maximum Gasteiger partial charge on any atom is 0.180 e. The summed E-state index contributed by atoms with van der Waals surface area (Å²) in [6.45, 7) is 0. The number of hydrogen-bond acceptors (Lipinski definition) is 1. The minimum atomic E-state index is 0.286. The first kappa shape index (κ1) is 5.68. The fourth-order valence-electron chi connectivity index (χ4n) is 0.289. The standard InChI is InChI=1S/C5HCl2N/c6-4-1-2-5(7)8-3-4/h3H. The molecule has 0 unspecified atom stereocenters. The maximum absolute atomic E-state index is 5.40. The molecule has 1 nitrogen and oxygen atoms in total. The summed E-state index contributed by atoms with van der Waals surface area (Å²) in [5.41, 5.74) is 0. The Morgan fingerprint density at radius 2 is 2.12 bits per heavy atom. The van der Waals surface area contributed by atoms with Gasteiger partial charge >= 0.3 is 0 Å². The van der Waals surface area contributed by atoms with Gasteiger partial charge in [-0.25, -0.2) is 4.98 Å². The van der Waals surface area contributed by atoms with Gasteiger partial charge in [-0.15, -0.1) is 0 Å². The quantitative estimate of drug-likeness (QED) is 0.545. The molecular formula is C5HCl2N. The van der Waals surface area contributed by atoms with E-state index in [0.29, 0.717) is 5.02 Å². The molecule has 0 atom stereocenters. The van der Waals surface area contributed by atoms with Crippen LogP contribution < -0.4 is 0 Å². The molecule has 0 saturated carbocycles. The molecule has 0 fully saturated rings. The molecule has 0 amide bonds. The van der Waals surface area contributed by atoms with E-state index in [-0.39, 0.29) is 5.15 Å². The van der Waals surface area contributed by atoms with Crippen LogP contribution in [0.15, 0.2) is 6.20 Å².